The molecule has 1 fully saturated rings. The lowest BCUT2D eigenvalue weighted by Gasteiger charge is -2.66. The molecule has 0 saturated heterocycles. The van der Waals surface area contributed by atoms with Crippen LogP contribution in [-0.4, -0.2) is 38.9 Å². The van der Waals surface area contributed by atoms with E-state index in [-0.39, 0.29) is 28.7 Å². The second kappa shape index (κ2) is 9.31. The van der Waals surface area contributed by atoms with Crippen LogP contribution in [-0.2, 0) is 27.2 Å². The number of carbonyl (C=O) groups is 4. The summed E-state index contributed by atoms with van der Waals surface area (Å²) in [6.45, 7) is 14.6. The van der Waals surface area contributed by atoms with Crippen LogP contribution in [0.25, 0.3) is 11.1 Å². The van der Waals surface area contributed by atoms with Gasteiger partial charge >= 0.3 is 0 Å². The monoisotopic (exact) mass is 582 g/mol. The average molecular weight is 583 g/mol. The van der Waals surface area contributed by atoms with Gasteiger partial charge in [-0.2, -0.15) is 0 Å². The molecule has 0 amide bonds. The van der Waals surface area contributed by atoms with Gasteiger partial charge in [-0.1, -0.05) is 77.4 Å². The van der Waals surface area contributed by atoms with Crippen LogP contribution < -0.4 is 0 Å². The number of carbonyl (C=O) groups excluding carboxylic acids is 4. The molecule has 1 unspecified atom stereocenters. The van der Waals surface area contributed by atoms with Crippen LogP contribution in [0.2, 0.25) is 0 Å². The lowest BCUT2D eigenvalue weighted by Crippen LogP contribution is -2.77. The number of benzene rings is 2. The Balaban J connectivity index is 1.58. The van der Waals surface area contributed by atoms with Gasteiger partial charge in [0.15, 0.2) is 23.0 Å². The van der Waals surface area contributed by atoms with Gasteiger partial charge in [0.2, 0.25) is 5.78 Å². The van der Waals surface area contributed by atoms with Crippen molar-refractivity contribution in [1.82, 2.24) is 0 Å². The van der Waals surface area contributed by atoms with E-state index in [9.17, 15) is 29.4 Å². The van der Waals surface area contributed by atoms with Crippen molar-refractivity contribution < 1.29 is 29.4 Å². The van der Waals surface area contributed by atoms with Gasteiger partial charge in [-0.25, -0.2) is 0 Å². The van der Waals surface area contributed by atoms with Crippen LogP contribution in [0.15, 0.2) is 41.5 Å². The molecule has 6 nitrogen and oxygen atoms in total. The number of fused-ring (bicyclic) bond motifs is 4. The largest absolute Gasteiger partial charge is 0.507 e. The van der Waals surface area contributed by atoms with Crippen LogP contribution >= 0.6 is 0 Å². The Bertz CT molecular complexity index is 1680. The second-order valence-corrected chi connectivity index (χ2v) is 14.4. The van der Waals surface area contributed by atoms with Crippen LogP contribution in [0.1, 0.15) is 94.8 Å². The van der Waals surface area contributed by atoms with Crippen molar-refractivity contribution in [3.8, 4) is 16.9 Å². The zero-order valence-electron chi connectivity index (χ0n) is 26.4. The number of phenolic OH excluding ortho intramolecular Hbond substituents is 1. The summed E-state index contributed by atoms with van der Waals surface area (Å²) in [7, 11) is 0. The first-order chi connectivity index (χ1) is 20.1. The van der Waals surface area contributed by atoms with E-state index in [1.807, 2.05) is 52.8 Å². The van der Waals surface area contributed by atoms with Gasteiger partial charge in [0.05, 0.1) is 17.1 Å². The van der Waals surface area contributed by atoms with Crippen molar-refractivity contribution in [2.75, 3.05) is 0 Å². The molecule has 4 aliphatic carbocycles. The number of aromatic hydroxyl groups is 1. The quantitative estimate of drug-likeness (QED) is 0.330. The number of aryl methyl sites for hydroxylation is 2. The van der Waals surface area contributed by atoms with Crippen molar-refractivity contribution in [1.29, 1.82) is 0 Å². The zero-order valence-corrected chi connectivity index (χ0v) is 26.4. The lowest BCUT2D eigenvalue weighted by molar-refractivity contribution is -0.211. The second-order valence-electron chi connectivity index (χ2n) is 14.4. The third-order valence-electron chi connectivity index (χ3n) is 12.5. The number of phenols is 1. The van der Waals surface area contributed by atoms with E-state index >= 15 is 0 Å². The van der Waals surface area contributed by atoms with E-state index in [2.05, 4.69) is 12.1 Å². The van der Waals surface area contributed by atoms with Gasteiger partial charge in [-0.3, -0.25) is 19.2 Å². The maximum Gasteiger partial charge on any atom is 0.206 e. The van der Waals surface area contributed by atoms with Crippen molar-refractivity contribution in [2.45, 2.75) is 86.2 Å². The molecule has 7 atom stereocenters. The Kier molecular flexibility index (Phi) is 6.43. The number of aliphatic hydroxyl groups is 1. The highest BCUT2D eigenvalue weighted by atomic mass is 16.3. The van der Waals surface area contributed by atoms with Gasteiger partial charge in [0, 0.05) is 11.0 Å². The van der Waals surface area contributed by atoms with Crippen LogP contribution in [0.5, 0.6) is 5.75 Å². The van der Waals surface area contributed by atoms with Crippen LogP contribution in [0, 0.1) is 34.5 Å². The fourth-order valence-corrected chi connectivity index (χ4v) is 10.1. The van der Waals surface area contributed by atoms with Gasteiger partial charge in [-0.05, 0) is 84.5 Å². The normalized spacial score (nSPS) is 35.1. The minimum atomic E-state index is -2.56. The van der Waals surface area contributed by atoms with Gasteiger partial charge < -0.3 is 10.2 Å². The molecule has 0 aliphatic heterocycles. The lowest BCUT2D eigenvalue weighted by atomic mass is 9.35. The topological polar surface area (TPSA) is 109 Å². The molecule has 1 saturated carbocycles. The van der Waals surface area contributed by atoms with Crippen molar-refractivity contribution in [3.63, 3.8) is 0 Å². The average Bonchev–Trinajstić information content (AvgIpc) is 3.41. The molecule has 6 rings (SSSR count). The minimum absolute atomic E-state index is 0.0860. The summed E-state index contributed by atoms with van der Waals surface area (Å²) >= 11 is 0. The zero-order chi connectivity index (χ0) is 31.5. The summed E-state index contributed by atoms with van der Waals surface area (Å²) in [5, 5.41) is 24.2. The Morgan fingerprint density at radius 1 is 1.00 bits per heavy atom. The fourth-order valence-electron chi connectivity index (χ4n) is 10.1. The number of ketones is 4. The molecule has 0 heterocycles. The molecule has 0 radical (unpaired) electrons. The van der Waals surface area contributed by atoms with Gasteiger partial charge in [0.1, 0.15) is 5.75 Å². The third kappa shape index (κ3) is 3.39. The van der Waals surface area contributed by atoms with Crippen molar-refractivity contribution >= 4 is 23.1 Å². The fraction of sp³-hybridized carbons (Fsp3) is 0.514. The molecular weight excluding hydrogens is 540 g/mol. The Morgan fingerprint density at radius 2 is 1.65 bits per heavy atom. The predicted octanol–water partition coefficient (Wildman–Crippen LogP) is 6.19. The van der Waals surface area contributed by atoms with Crippen LogP contribution in [0.3, 0.4) is 0 Å². The smallest absolute Gasteiger partial charge is 0.206 e. The summed E-state index contributed by atoms with van der Waals surface area (Å²) in [6.07, 6.45) is 3.08. The first kappa shape index (κ1) is 29.7. The first-order valence-electron chi connectivity index (χ1n) is 15.6. The standard InChI is InChI=1S/C37H42O6/c1-17(2)29-18(3)27(20(5)38)33(41)37(43)34(42)30-32(40)28-25(19(4)35(30,7)21(6)36(29,37)8)14-15-26(31(28)39)24-13-12-22-10-9-11-23(22)16-24/h12-17,19,21,29-30,39,43H,9-11H2,1-8H3/t19-,21-,29+,30?,35-,36-,37+/m0/s1. The molecule has 2 aromatic rings. The van der Waals surface area contributed by atoms with E-state index in [4.69, 9.17) is 0 Å². The number of Topliss-reactive ketones (excluding diaryl/α,β-unsaturated/α-hetero) is 4. The molecule has 4 aliphatic rings. The summed E-state index contributed by atoms with van der Waals surface area (Å²) in [5.41, 5.74) is 0.253. The van der Waals surface area contributed by atoms with E-state index in [1.165, 1.54) is 18.1 Å². The van der Waals surface area contributed by atoms with E-state index in [0.29, 0.717) is 16.7 Å². The first-order valence-corrected chi connectivity index (χ1v) is 15.6. The molecule has 0 spiro atoms. The molecule has 43 heavy (non-hydrogen) atoms. The Hall–Kier alpha value is -3.38. The number of allylic oxidation sites excluding steroid dienone is 1. The van der Waals surface area contributed by atoms with E-state index in [1.54, 1.807) is 13.8 Å². The molecule has 2 aromatic carbocycles. The van der Waals surface area contributed by atoms with Gasteiger partial charge in [-0.15, -0.1) is 0 Å². The van der Waals surface area contributed by atoms with E-state index in [0.717, 1.165) is 24.8 Å². The van der Waals surface area contributed by atoms with Crippen molar-refractivity contribution in [3.05, 3.63) is 63.7 Å². The maximum absolute atomic E-state index is 14.8. The minimum Gasteiger partial charge on any atom is -0.507 e. The summed E-state index contributed by atoms with van der Waals surface area (Å²) in [6, 6.07) is 9.85. The summed E-state index contributed by atoms with van der Waals surface area (Å²) in [4.78, 5) is 56.3. The number of rotatable bonds is 3. The SMILES string of the molecule is CC(=O)C1=C(C)[C@@H](C(C)C)[C@]2(C)[C@@H](C)[C@@]3(C)C(C(=O)c4c(ccc(-c5ccc6c(c5)CCC6)c4O)[C@@H]3C)C(=O)[C@]2(O)C1=O. The highest BCUT2D eigenvalue weighted by Gasteiger charge is 2.77. The van der Waals surface area contributed by atoms with E-state index < -0.39 is 57.3 Å². The van der Waals surface area contributed by atoms with Gasteiger partial charge in [0.25, 0.3) is 0 Å². The molecule has 0 aromatic heterocycles. The highest BCUT2D eigenvalue weighted by Crippen LogP contribution is 2.70. The molecule has 226 valence electrons. The number of hydrogen-bond acceptors (Lipinski definition) is 6. The molecule has 0 bridgehead atoms. The number of hydrogen-bond donors (Lipinski definition) is 2. The van der Waals surface area contributed by atoms with Crippen LogP contribution in [0.4, 0.5) is 0 Å². The predicted molar refractivity (Wildman–Crippen MR) is 164 cm³/mol. The third-order valence-corrected chi connectivity index (χ3v) is 12.5. The molecule has 2 N–H and O–H groups in total. The summed E-state index contributed by atoms with van der Waals surface area (Å²) in [5.74, 6) is -5.78. The Labute approximate surface area is 253 Å². The maximum atomic E-state index is 14.8. The van der Waals surface area contributed by atoms with Crippen molar-refractivity contribution in [2.24, 2.45) is 34.5 Å². The molecular formula is C37H42O6. The summed E-state index contributed by atoms with van der Waals surface area (Å²) < 4.78 is 0. The highest BCUT2D eigenvalue weighted by molar-refractivity contribution is 6.33. The molecule has 6 heteroatoms. The Morgan fingerprint density at radius 3 is 2.28 bits per heavy atom.